The molecule has 25 heavy (non-hydrogen) atoms. The quantitative estimate of drug-likeness (QED) is 0.625. The highest BCUT2D eigenvalue weighted by molar-refractivity contribution is 7.80. The molecule has 6 nitrogen and oxygen atoms in total. The Bertz CT molecular complexity index is 790. The number of fused-ring (bicyclic) bond motifs is 1. The van der Waals surface area contributed by atoms with Gasteiger partial charge in [-0.3, -0.25) is 4.68 Å². The number of rotatable bonds is 4. The highest BCUT2D eigenvalue weighted by Gasteiger charge is 2.26. The number of carbonyl (C=O) groups is 1. The molecular formula is C17H22N4O2S2. The van der Waals surface area contributed by atoms with Crippen molar-refractivity contribution in [3.8, 4) is 0 Å². The van der Waals surface area contributed by atoms with Gasteiger partial charge in [0, 0.05) is 23.7 Å². The van der Waals surface area contributed by atoms with Crippen LogP contribution in [0, 0.1) is 6.92 Å². The molecule has 134 valence electrons. The Balaban J connectivity index is 1.82. The summed E-state index contributed by atoms with van der Waals surface area (Å²) in [6.45, 7) is 4.15. The van der Waals surface area contributed by atoms with Crippen LogP contribution in [0.15, 0.2) is 6.07 Å². The average Bonchev–Trinajstić information content (AvgIpc) is 3.06. The van der Waals surface area contributed by atoms with Crippen molar-refractivity contribution in [3.63, 3.8) is 0 Å². The number of ether oxygens (including phenoxy) is 1. The fraction of sp³-hybridized carbons (Fsp3) is 0.471. The number of thiophene rings is 1. The Kier molecular flexibility index (Phi) is 5.39. The van der Waals surface area contributed by atoms with Crippen molar-refractivity contribution in [3.05, 3.63) is 27.8 Å². The minimum atomic E-state index is -0.277. The maximum Gasteiger partial charge on any atom is 0.341 e. The third-order valence-electron chi connectivity index (χ3n) is 4.23. The summed E-state index contributed by atoms with van der Waals surface area (Å²) in [5.74, 6) is 0.400. The Morgan fingerprint density at radius 2 is 2.16 bits per heavy atom. The minimum absolute atomic E-state index is 0.277. The van der Waals surface area contributed by atoms with Gasteiger partial charge in [-0.1, -0.05) is 0 Å². The number of aryl methyl sites for hydroxylation is 3. The SMILES string of the molecule is CCOC(=O)c1c(NC(=S)Nc2cc(C)n(C)n2)sc2c1CCCC2. The molecular weight excluding hydrogens is 356 g/mol. The second kappa shape index (κ2) is 7.53. The van der Waals surface area contributed by atoms with E-state index in [4.69, 9.17) is 17.0 Å². The molecule has 0 radical (unpaired) electrons. The number of thiocarbonyl (C=S) groups is 1. The van der Waals surface area contributed by atoms with E-state index >= 15 is 0 Å². The van der Waals surface area contributed by atoms with Crippen LogP contribution in [0.2, 0.25) is 0 Å². The summed E-state index contributed by atoms with van der Waals surface area (Å²) in [5, 5.41) is 11.8. The van der Waals surface area contributed by atoms with Gasteiger partial charge in [0.15, 0.2) is 10.9 Å². The normalized spacial score (nSPS) is 13.2. The molecule has 2 aromatic heterocycles. The maximum absolute atomic E-state index is 12.5. The molecule has 0 saturated carbocycles. The Morgan fingerprint density at radius 1 is 1.40 bits per heavy atom. The van der Waals surface area contributed by atoms with E-state index < -0.39 is 0 Å². The number of aromatic nitrogens is 2. The summed E-state index contributed by atoms with van der Waals surface area (Å²) >= 11 is 7.00. The van der Waals surface area contributed by atoms with Gasteiger partial charge in [-0.25, -0.2) is 4.79 Å². The van der Waals surface area contributed by atoms with E-state index in [1.807, 2.05) is 27.0 Å². The van der Waals surface area contributed by atoms with Crippen molar-refractivity contribution in [1.82, 2.24) is 9.78 Å². The lowest BCUT2D eigenvalue weighted by Gasteiger charge is -2.12. The monoisotopic (exact) mass is 378 g/mol. The Hall–Kier alpha value is -1.93. The zero-order valence-electron chi connectivity index (χ0n) is 14.6. The van der Waals surface area contributed by atoms with E-state index in [1.165, 1.54) is 4.88 Å². The van der Waals surface area contributed by atoms with Crippen molar-refractivity contribution in [2.45, 2.75) is 39.5 Å². The summed E-state index contributed by atoms with van der Waals surface area (Å²) in [6.07, 6.45) is 4.19. The van der Waals surface area contributed by atoms with Crippen molar-refractivity contribution < 1.29 is 9.53 Å². The van der Waals surface area contributed by atoms with Crippen LogP contribution in [0.1, 0.15) is 46.3 Å². The molecule has 0 unspecified atom stereocenters. The predicted molar refractivity (Wildman–Crippen MR) is 105 cm³/mol. The van der Waals surface area contributed by atoms with Gasteiger partial charge in [0.05, 0.1) is 12.2 Å². The van der Waals surface area contributed by atoms with Crippen LogP contribution in [0.4, 0.5) is 10.8 Å². The van der Waals surface area contributed by atoms with Crippen molar-refractivity contribution >= 4 is 45.5 Å². The number of hydrogen-bond acceptors (Lipinski definition) is 5. The van der Waals surface area contributed by atoms with Crippen molar-refractivity contribution in [1.29, 1.82) is 0 Å². The fourth-order valence-corrected chi connectivity index (χ4v) is 4.50. The van der Waals surface area contributed by atoms with Gasteiger partial charge in [-0.15, -0.1) is 11.3 Å². The highest BCUT2D eigenvalue weighted by Crippen LogP contribution is 2.38. The first-order valence-electron chi connectivity index (χ1n) is 8.40. The number of carbonyl (C=O) groups excluding carboxylic acids is 1. The lowest BCUT2D eigenvalue weighted by molar-refractivity contribution is 0.0526. The first-order chi connectivity index (χ1) is 12.0. The first-order valence-corrected chi connectivity index (χ1v) is 9.62. The molecule has 0 saturated heterocycles. The standard InChI is InChI=1S/C17H22N4O2S2/c1-4-23-16(22)14-11-7-5-6-8-12(11)25-15(14)19-17(24)18-13-9-10(2)21(3)20-13/h9H,4-8H2,1-3H3,(H2,18,19,20,24). The topological polar surface area (TPSA) is 68.2 Å². The maximum atomic E-state index is 12.5. The fourth-order valence-electron chi connectivity index (χ4n) is 2.95. The van der Waals surface area contributed by atoms with E-state index in [9.17, 15) is 4.79 Å². The van der Waals surface area contributed by atoms with Gasteiger partial charge >= 0.3 is 5.97 Å². The zero-order valence-corrected chi connectivity index (χ0v) is 16.3. The smallest absolute Gasteiger partial charge is 0.341 e. The third-order valence-corrected chi connectivity index (χ3v) is 5.64. The van der Waals surface area contributed by atoms with E-state index in [2.05, 4.69) is 15.7 Å². The van der Waals surface area contributed by atoms with Crippen molar-refractivity contribution in [2.75, 3.05) is 17.2 Å². The molecule has 1 aliphatic carbocycles. The minimum Gasteiger partial charge on any atom is -0.462 e. The Labute approximate surface area is 156 Å². The summed E-state index contributed by atoms with van der Waals surface area (Å²) in [4.78, 5) is 13.7. The number of anilines is 2. The van der Waals surface area contributed by atoms with Crippen LogP contribution in [-0.2, 0) is 24.6 Å². The van der Waals surface area contributed by atoms with Gasteiger partial charge in [0.1, 0.15) is 5.00 Å². The molecule has 2 heterocycles. The lowest BCUT2D eigenvalue weighted by Crippen LogP contribution is -2.21. The summed E-state index contributed by atoms with van der Waals surface area (Å²) in [5.41, 5.74) is 2.79. The largest absolute Gasteiger partial charge is 0.462 e. The first kappa shape index (κ1) is 17.9. The van der Waals surface area contributed by atoms with Crippen molar-refractivity contribution in [2.24, 2.45) is 7.05 Å². The second-order valence-corrected chi connectivity index (χ2v) is 7.52. The lowest BCUT2D eigenvalue weighted by atomic mass is 9.95. The van der Waals surface area contributed by atoms with E-state index in [0.29, 0.717) is 23.1 Å². The van der Waals surface area contributed by atoms with Gasteiger partial charge in [-0.2, -0.15) is 5.10 Å². The van der Waals surface area contributed by atoms with E-state index in [0.717, 1.165) is 41.9 Å². The summed E-state index contributed by atoms with van der Waals surface area (Å²) < 4.78 is 7.04. The molecule has 8 heteroatoms. The van der Waals surface area contributed by atoms with Crippen LogP contribution < -0.4 is 10.6 Å². The predicted octanol–water partition coefficient (Wildman–Crippen LogP) is 3.65. The molecule has 0 aromatic carbocycles. The summed E-state index contributed by atoms with van der Waals surface area (Å²) in [7, 11) is 1.88. The van der Waals surface area contributed by atoms with E-state index in [-0.39, 0.29) is 5.97 Å². The van der Waals surface area contributed by atoms with Gasteiger partial charge in [0.25, 0.3) is 0 Å². The number of esters is 1. The molecule has 0 atom stereocenters. The molecule has 0 amide bonds. The molecule has 0 bridgehead atoms. The van der Waals surface area contributed by atoms with Gasteiger partial charge < -0.3 is 15.4 Å². The van der Waals surface area contributed by atoms with Crippen LogP contribution in [-0.4, -0.2) is 27.5 Å². The molecule has 3 rings (SSSR count). The molecule has 2 N–H and O–H groups in total. The van der Waals surface area contributed by atoms with Crippen LogP contribution in [0.3, 0.4) is 0 Å². The molecule has 2 aromatic rings. The second-order valence-electron chi connectivity index (χ2n) is 6.01. The molecule has 0 fully saturated rings. The van der Waals surface area contributed by atoms with E-state index in [1.54, 1.807) is 16.0 Å². The summed E-state index contributed by atoms with van der Waals surface area (Å²) in [6, 6.07) is 1.92. The average molecular weight is 379 g/mol. The molecule has 1 aliphatic rings. The van der Waals surface area contributed by atoms with Crippen LogP contribution in [0.5, 0.6) is 0 Å². The van der Waals surface area contributed by atoms with Crippen LogP contribution in [0.25, 0.3) is 0 Å². The number of hydrogen-bond donors (Lipinski definition) is 2. The van der Waals surface area contributed by atoms with Gasteiger partial charge in [0.2, 0.25) is 0 Å². The number of nitrogens with zero attached hydrogens (tertiary/aromatic N) is 2. The third kappa shape index (κ3) is 3.85. The van der Waals surface area contributed by atoms with Crippen LogP contribution >= 0.6 is 23.6 Å². The Morgan fingerprint density at radius 3 is 2.84 bits per heavy atom. The van der Waals surface area contributed by atoms with Gasteiger partial charge in [-0.05, 0) is 57.3 Å². The zero-order chi connectivity index (χ0) is 18.0. The molecule has 0 spiro atoms. The molecule has 0 aliphatic heterocycles. The highest BCUT2D eigenvalue weighted by atomic mass is 32.1. The number of nitrogens with one attached hydrogen (secondary N) is 2.